The highest BCUT2D eigenvalue weighted by Crippen LogP contribution is 2.28. The van der Waals surface area contributed by atoms with E-state index in [-0.39, 0.29) is 88.1 Å². The van der Waals surface area contributed by atoms with E-state index in [1.165, 1.54) is 11.0 Å². The zero-order valence-electron chi connectivity index (χ0n) is 31.4. The Morgan fingerprint density at radius 3 is 2.39 bits per heavy atom. The zero-order valence-corrected chi connectivity index (χ0v) is 31.4. The molecule has 2 unspecified atom stereocenters. The van der Waals surface area contributed by atoms with Gasteiger partial charge in [0.15, 0.2) is 6.61 Å². The summed E-state index contributed by atoms with van der Waals surface area (Å²) in [6, 6.07) is 5.37. The van der Waals surface area contributed by atoms with E-state index >= 15 is 0 Å². The number of likely N-dealkylation sites (tertiary alicyclic amines) is 1. The summed E-state index contributed by atoms with van der Waals surface area (Å²) in [6.45, 7) is 5.44. The van der Waals surface area contributed by atoms with Gasteiger partial charge in [-0.2, -0.15) is 0 Å². The molecule has 0 bridgehead atoms. The molecule has 5 amide bonds. The van der Waals surface area contributed by atoms with Gasteiger partial charge in [0.1, 0.15) is 23.5 Å². The first kappa shape index (κ1) is 40.2. The van der Waals surface area contributed by atoms with Gasteiger partial charge in [-0.3, -0.25) is 24.0 Å². The molecular formula is C38H52N6O10. The van der Waals surface area contributed by atoms with Gasteiger partial charge in [-0.05, 0) is 70.1 Å². The number of piperazine rings is 1. The SMILES string of the molecule is CCOC(=O)N1CCN(C(=O)C(CCC(=O)OCCCOC)NC(=O)c2cc(OCC(=O)N3CCCC3C(=O)NC3CCC3)c3ccc(C)cc3n2)CC1. The van der Waals surface area contributed by atoms with Crippen LogP contribution in [0.3, 0.4) is 0 Å². The second kappa shape index (κ2) is 19.4. The van der Waals surface area contributed by atoms with Crippen LogP contribution in [0.2, 0.25) is 0 Å². The average Bonchev–Trinajstić information content (AvgIpc) is 3.65. The lowest BCUT2D eigenvalue weighted by Gasteiger charge is -2.36. The van der Waals surface area contributed by atoms with E-state index in [0.29, 0.717) is 43.3 Å². The number of carbonyl (C=O) groups is 6. The molecule has 3 aliphatic rings. The fourth-order valence-electron chi connectivity index (χ4n) is 6.71. The molecule has 3 heterocycles. The van der Waals surface area contributed by atoms with E-state index in [9.17, 15) is 28.8 Å². The Hall–Kier alpha value is -4.99. The number of pyridine rings is 1. The molecule has 2 aromatic rings. The van der Waals surface area contributed by atoms with E-state index in [1.807, 2.05) is 13.0 Å². The smallest absolute Gasteiger partial charge is 0.409 e. The third-order valence-corrected chi connectivity index (χ3v) is 9.95. The summed E-state index contributed by atoms with van der Waals surface area (Å²) < 4.78 is 21.4. The molecule has 54 heavy (non-hydrogen) atoms. The van der Waals surface area contributed by atoms with Crippen LogP contribution in [0.5, 0.6) is 5.75 Å². The summed E-state index contributed by atoms with van der Waals surface area (Å²) in [5.41, 5.74) is 1.27. The second-order valence-corrected chi connectivity index (χ2v) is 13.8. The minimum atomic E-state index is -1.11. The van der Waals surface area contributed by atoms with Crippen molar-refractivity contribution in [2.24, 2.45) is 0 Å². The molecule has 1 aromatic heterocycles. The van der Waals surface area contributed by atoms with Crippen LogP contribution in [0.4, 0.5) is 4.79 Å². The Kier molecular flexibility index (Phi) is 14.4. The Morgan fingerprint density at radius 1 is 0.926 bits per heavy atom. The lowest BCUT2D eigenvalue weighted by atomic mass is 9.93. The number of rotatable bonds is 16. The van der Waals surface area contributed by atoms with Gasteiger partial charge in [-0.15, -0.1) is 0 Å². The van der Waals surface area contributed by atoms with Crippen LogP contribution < -0.4 is 15.4 Å². The molecule has 16 heteroatoms. The number of carbonyl (C=O) groups excluding carboxylic acids is 6. The van der Waals surface area contributed by atoms with Gasteiger partial charge >= 0.3 is 12.1 Å². The molecule has 3 fully saturated rings. The number of hydrogen-bond acceptors (Lipinski definition) is 11. The number of nitrogens with one attached hydrogen (secondary N) is 2. The van der Waals surface area contributed by atoms with Crippen molar-refractivity contribution in [3.05, 3.63) is 35.5 Å². The molecule has 0 spiro atoms. The van der Waals surface area contributed by atoms with E-state index in [2.05, 4.69) is 15.6 Å². The Morgan fingerprint density at radius 2 is 1.69 bits per heavy atom. The molecule has 2 atom stereocenters. The number of esters is 1. The first-order valence-corrected chi connectivity index (χ1v) is 18.9. The standard InChI is InChI=1S/C38H52N6O10/c1-4-52-38(50)43-18-16-42(17-19-43)37(49)28(13-14-34(46)53-21-7-20-51-3)41-35(47)30-23-32(27-12-11-25(2)22-29(27)40-30)54-24-33(45)44-15-6-10-31(44)36(48)39-26-8-5-9-26/h11-12,22-23,26,28,31H,4-10,13-21,24H2,1-3H3,(H,39,48)(H,41,47). The summed E-state index contributed by atoms with van der Waals surface area (Å²) >= 11 is 0. The van der Waals surface area contributed by atoms with Crippen molar-refractivity contribution in [1.82, 2.24) is 30.3 Å². The number of amides is 5. The molecule has 1 aromatic carbocycles. The van der Waals surface area contributed by atoms with E-state index < -0.39 is 36.0 Å². The van der Waals surface area contributed by atoms with Crippen LogP contribution in [-0.4, -0.2) is 140 Å². The van der Waals surface area contributed by atoms with E-state index in [4.69, 9.17) is 18.9 Å². The molecule has 2 saturated heterocycles. The van der Waals surface area contributed by atoms with Gasteiger partial charge in [0.2, 0.25) is 11.8 Å². The van der Waals surface area contributed by atoms with Gasteiger partial charge < -0.3 is 44.3 Å². The lowest BCUT2D eigenvalue weighted by molar-refractivity contribution is -0.144. The second-order valence-electron chi connectivity index (χ2n) is 13.8. The fourth-order valence-corrected chi connectivity index (χ4v) is 6.71. The number of nitrogens with zero attached hydrogens (tertiary/aromatic N) is 4. The zero-order chi connectivity index (χ0) is 38.6. The monoisotopic (exact) mass is 752 g/mol. The van der Waals surface area contributed by atoms with E-state index in [0.717, 1.165) is 24.8 Å². The average molecular weight is 753 g/mol. The third kappa shape index (κ3) is 10.6. The molecule has 16 nitrogen and oxygen atoms in total. The van der Waals surface area contributed by atoms with Crippen molar-refractivity contribution in [3.63, 3.8) is 0 Å². The van der Waals surface area contributed by atoms with Gasteiger partial charge in [0.05, 0.1) is 18.7 Å². The number of methoxy groups -OCH3 is 1. The highest BCUT2D eigenvalue weighted by atomic mass is 16.6. The predicted molar refractivity (Wildman–Crippen MR) is 196 cm³/mol. The fraction of sp³-hybridized carbons (Fsp3) is 0.605. The van der Waals surface area contributed by atoms with E-state index in [1.54, 1.807) is 36.0 Å². The summed E-state index contributed by atoms with van der Waals surface area (Å²) in [5, 5.41) is 6.40. The molecular weight excluding hydrogens is 700 g/mol. The summed E-state index contributed by atoms with van der Waals surface area (Å²) in [6.07, 6.45) is 4.16. The Balaban J connectivity index is 1.30. The van der Waals surface area contributed by atoms with Crippen molar-refractivity contribution >= 4 is 46.6 Å². The number of hydrogen-bond donors (Lipinski definition) is 2. The quantitative estimate of drug-likeness (QED) is 0.189. The molecule has 2 aliphatic heterocycles. The largest absolute Gasteiger partial charge is 0.483 e. The number of ether oxygens (including phenoxy) is 4. The number of aromatic nitrogens is 1. The highest BCUT2D eigenvalue weighted by molar-refractivity contribution is 5.99. The van der Waals surface area contributed by atoms with Gasteiger partial charge in [0.25, 0.3) is 11.8 Å². The van der Waals surface area contributed by atoms with Crippen molar-refractivity contribution < 1.29 is 47.7 Å². The van der Waals surface area contributed by atoms with Crippen molar-refractivity contribution in [2.75, 3.05) is 66.3 Å². The Labute approximate surface area is 315 Å². The summed E-state index contributed by atoms with van der Waals surface area (Å²) in [4.78, 5) is 88.1. The van der Waals surface area contributed by atoms with Crippen LogP contribution in [-0.2, 0) is 33.4 Å². The van der Waals surface area contributed by atoms with Crippen LogP contribution in [0, 0.1) is 6.92 Å². The van der Waals surface area contributed by atoms with Crippen molar-refractivity contribution in [2.45, 2.75) is 83.3 Å². The van der Waals surface area contributed by atoms with Gasteiger partial charge in [-0.1, -0.05) is 6.07 Å². The van der Waals surface area contributed by atoms with Crippen LogP contribution in [0.15, 0.2) is 24.3 Å². The Bertz CT molecular complexity index is 1680. The normalized spacial score (nSPS) is 17.8. The maximum Gasteiger partial charge on any atom is 0.409 e. The maximum atomic E-state index is 13.9. The van der Waals surface area contributed by atoms with Crippen molar-refractivity contribution in [3.8, 4) is 5.75 Å². The predicted octanol–water partition coefficient (Wildman–Crippen LogP) is 2.34. The molecule has 5 rings (SSSR count). The molecule has 294 valence electrons. The maximum absolute atomic E-state index is 13.9. The van der Waals surface area contributed by atoms with Crippen LogP contribution in [0.25, 0.3) is 10.9 Å². The molecule has 1 saturated carbocycles. The van der Waals surface area contributed by atoms with Crippen molar-refractivity contribution in [1.29, 1.82) is 0 Å². The number of aryl methyl sites for hydroxylation is 1. The molecule has 2 N–H and O–H groups in total. The van der Waals surface area contributed by atoms with Gasteiger partial charge in [-0.25, -0.2) is 9.78 Å². The minimum absolute atomic E-state index is 0.0400. The third-order valence-electron chi connectivity index (χ3n) is 9.95. The van der Waals surface area contributed by atoms with Crippen LogP contribution >= 0.6 is 0 Å². The topological polar surface area (TPSA) is 186 Å². The first-order chi connectivity index (χ1) is 26.1. The summed E-state index contributed by atoms with van der Waals surface area (Å²) in [5.74, 6) is -1.86. The van der Waals surface area contributed by atoms with Gasteiger partial charge in [0, 0.05) is 76.8 Å². The highest BCUT2D eigenvalue weighted by Gasteiger charge is 2.36. The molecule has 0 radical (unpaired) electrons. The number of fused-ring (bicyclic) bond motifs is 1. The van der Waals surface area contributed by atoms with Crippen LogP contribution in [0.1, 0.15) is 74.3 Å². The molecule has 1 aliphatic carbocycles. The summed E-state index contributed by atoms with van der Waals surface area (Å²) in [7, 11) is 1.55. The lowest BCUT2D eigenvalue weighted by Crippen LogP contribution is -2.56. The first-order valence-electron chi connectivity index (χ1n) is 18.9. The minimum Gasteiger partial charge on any atom is -0.483 e. The number of benzene rings is 1.